The zero-order valence-electron chi connectivity index (χ0n) is 40.6. The minimum Gasteiger partial charge on any atom is -0.474 e. The van der Waals surface area contributed by atoms with E-state index in [2.05, 4.69) is 41.2 Å². The van der Waals surface area contributed by atoms with Crippen molar-refractivity contribution in [3.63, 3.8) is 0 Å². The van der Waals surface area contributed by atoms with Crippen LogP contribution in [-0.2, 0) is 28.5 Å². The van der Waals surface area contributed by atoms with E-state index >= 15 is 8.78 Å². The summed E-state index contributed by atoms with van der Waals surface area (Å²) in [4.78, 5) is 64.1. The Bertz CT molecular complexity index is 3000. The lowest BCUT2D eigenvalue weighted by atomic mass is 9.79. The van der Waals surface area contributed by atoms with Gasteiger partial charge in [-0.1, -0.05) is 0 Å². The van der Waals surface area contributed by atoms with Crippen molar-refractivity contribution in [2.45, 2.75) is 90.6 Å². The fourth-order valence-electron chi connectivity index (χ4n) is 9.51. The molecule has 2 saturated carbocycles. The molecule has 10 rings (SSSR count). The summed E-state index contributed by atoms with van der Waals surface area (Å²) in [7, 11) is 0. The monoisotopic (exact) mass is 1030 g/mol. The topological polar surface area (TPSA) is 275 Å². The van der Waals surface area contributed by atoms with Crippen molar-refractivity contribution in [3.05, 3.63) is 71.8 Å². The van der Waals surface area contributed by atoms with E-state index in [0.29, 0.717) is 96.4 Å². The molecule has 2 fully saturated rings. The number of ether oxygens (including phenoxy) is 6. The van der Waals surface area contributed by atoms with E-state index in [1.54, 1.807) is 50.5 Å². The number of rotatable bonds is 8. The first-order valence-corrected chi connectivity index (χ1v) is 23.1. The Kier molecular flexibility index (Phi) is 14.2. The molecule has 4 aliphatic rings. The van der Waals surface area contributed by atoms with Crippen LogP contribution in [0.15, 0.2) is 49.1 Å². The Morgan fingerprint density at radius 2 is 1.01 bits per heavy atom. The molecule has 0 radical (unpaired) electrons. The summed E-state index contributed by atoms with van der Waals surface area (Å²) in [5, 5.41) is 13.7. The van der Waals surface area contributed by atoms with Crippen LogP contribution in [0.2, 0.25) is 0 Å². The number of aromatic nitrogens is 4. The summed E-state index contributed by atoms with van der Waals surface area (Å²) >= 11 is 0. The number of amides is 2. The molecule has 6 aromatic rings. The molecule has 23 heteroatoms. The van der Waals surface area contributed by atoms with Gasteiger partial charge in [0.25, 0.3) is 0 Å². The van der Waals surface area contributed by atoms with Crippen LogP contribution in [0.5, 0.6) is 11.8 Å². The molecule has 73 heavy (non-hydrogen) atoms. The number of anilines is 6. The molecule has 8 N–H and O–H groups in total. The van der Waals surface area contributed by atoms with E-state index in [1.165, 1.54) is 26.2 Å². The van der Waals surface area contributed by atoms with Crippen molar-refractivity contribution >= 4 is 92.5 Å². The Morgan fingerprint density at radius 1 is 0.630 bits per heavy atom. The van der Waals surface area contributed by atoms with Gasteiger partial charge < -0.3 is 50.5 Å². The molecule has 0 atom stereocenters. The van der Waals surface area contributed by atoms with E-state index in [-0.39, 0.29) is 70.7 Å². The maximum Gasteiger partial charge on any atom is 0.413 e. The fourth-order valence-corrected chi connectivity index (χ4v) is 9.51. The third-order valence-corrected chi connectivity index (χ3v) is 12.9. The molecule has 2 aliphatic carbocycles. The van der Waals surface area contributed by atoms with E-state index in [0.717, 1.165) is 22.5 Å². The summed E-state index contributed by atoms with van der Waals surface area (Å²) in [5.41, 5.74) is 15.6. The minimum absolute atomic E-state index is 0. The number of hydrogen-bond acceptors (Lipinski definition) is 18. The highest BCUT2D eigenvalue weighted by molar-refractivity contribution is 6.01. The molecule has 0 spiro atoms. The molecule has 6 heterocycles. The Labute approximate surface area is 423 Å². The first kappa shape index (κ1) is 51.3. The number of nitrogens with one attached hydrogen (secondary N) is 4. The number of benzene rings is 2. The number of nitrogens with zero attached hydrogens (tertiary/aromatic N) is 4. The van der Waals surface area contributed by atoms with E-state index in [4.69, 9.17) is 39.9 Å². The van der Waals surface area contributed by atoms with Crippen molar-refractivity contribution < 1.29 is 56.4 Å². The zero-order valence-corrected chi connectivity index (χ0v) is 41.4. The average Bonchev–Trinajstić information content (AvgIpc) is 3.30. The van der Waals surface area contributed by atoms with Crippen LogP contribution in [0, 0.1) is 25.5 Å². The predicted octanol–water partition coefficient (Wildman–Crippen LogP) is 8.75. The van der Waals surface area contributed by atoms with Gasteiger partial charge in [-0.15, -0.1) is 12.4 Å². The summed E-state index contributed by atoms with van der Waals surface area (Å²) in [6.07, 6.45) is 5.47. The first-order valence-electron chi connectivity index (χ1n) is 23.1. The van der Waals surface area contributed by atoms with Crippen LogP contribution in [0.4, 0.5) is 52.8 Å². The lowest BCUT2D eigenvalue weighted by Gasteiger charge is -2.42. The Morgan fingerprint density at radius 3 is 1.38 bits per heavy atom. The lowest BCUT2D eigenvalue weighted by molar-refractivity contribution is -0.177. The van der Waals surface area contributed by atoms with Gasteiger partial charge in [0, 0.05) is 110 Å². The number of hydrogen-bond donors (Lipinski definition) is 6. The van der Waals surface area contributed by atoms with Gasteiger partial charge in [-0.3, -0.25) is 20.2 Å². The van der Waals surface area contributed by atoms with Crippen LogP contribution in [-0.4, -0.2) is 93.8 Å². The van der Waals surface area contributed by atoms with Crippen LogP contribution in [0.1, 0.15) is 64.5 Å². The highest BCUT2D eigenvalue weighted by atomic mass is 35.5. The summed E-state index contributed by atoms with van der Waals surface area (Å²) in [5.74, 6) is -0.498. The van der Waals surface area contributed by atoms with Gasteiger partial charge in [-0.05, 0) is 73.9 Å². The second-order valence-electron chi connectivity index (χ2n) is 18.6. The summed E-state index contributed by atoms with van der Waals surface area (Å²) in [6, 6.07) is 6.50. The molecule has 0 saturated heterocycles. The Hall–Kier alpha value is -8.01. The number of nitrogens with two attached hydrogens (primary N) is 2. The number of pyridine rings is 4. The number of carbonyl (C=O) groups excluding carboxylic acids is 4. The van der Waals surface area contributed by atoms with Crippen LogP contribution >= 0.6 is 12.4 Å². The number of carbonyl (C=O) groups is 4. The molecule has 0 bridgehead atoms. The molecule has 0 unspecified atom stereocenters. The average molecular weight is 1030 g/mol. The Balaban J connectivity index is 0.000000192. The van der Waals surface area contributed by atoms with Gasteiger partial charge >= 0.3 is 24.1 Å². The number of fused-ring (bicyclic) bond motifs is 4. The van der Waals surface area contributed by atoms with Gasteiger partial charge in [0.05, 0.1) is 11.4 Å². The van der Waals surface area contributed by atoms with Crippen molar-refractivity contribution in [1.82, 2.24) is 19.9 Å². The normalized spacial score (nSPS) is 20.1. The molecular weight excluding hydrogens is 974 g/mol. The van der Waals surface area contributed by atoms with Gasteiger partial charge in [-0.2, -0.15) is 0 Å². The maximum atomic E-state index is 15.3. The zero-order chi connectivity index (χ0) is 51.2. The second kappa shape index (κ2) is 20.2. The maximum absolute atomic E-state index is 15.3. The molecular formula is C50H53ClF2N10O10. The predicted molar refractivity (Wildman–Crippen MR) is 270 cm³/mol. The van der Waals surface area contributed by atoms with Crippen molar-refractivity contribution in [3.8, 4) is 34.0 Å². The first-order chi connectivity index (χ1) is 34.3. The van der Waals surface area contributed by atoms with Gasteiger partial charge in [0.2, 0.25) is 11.8 Å². The minimum atomic E-state index is -0.687. The molecule has 384 valence electrons. The van der Waals surface area contributed by atoms with E-state index in [9.17, 15) is 19.2 Å². The smallest absolute Gasteiger partial charge is 0.413 e. The number of nitrogen functional groups attached to an aromatic ring is 2. The fraction of sp³-hybridized carbons (Fsp3) is 0.360. The second-order valence-corrected chi connectivity index (χ2v) is 18.6. The molecule has 2 aliphatic heterocycles. The van der Waals surface area contributed by atoms with Crippen LogP contribution in [0.3, 0.4) is 0 Å². The van der Waals surface area contributed by atoms with E-state index < -0.39 is 35.0 Å². The van der Waals surface area contributed by atoms with Gasteiger partial charge in [0.15, 0.2) is 11.6 Å². The third-order valence-electron chi connectivity index (χ3n) is 12.9. The van der Waals surface area contributed by atoms with E-state index in [1.807, 2.05) is 13.8 Å². The van der Waals surface area contributed by atoms with Crippen molar-refractivity contribution in [2.24, 2.45) is 0 Å². The summed E-state index contributed by atoms with van der Waals surface area (Å²) < 4.78 is 63.0. The largest absolute Gasteiger partial charge is 0.474 e. The quantitative estimate of drug-likeness (QED) is 0.0472. The highest BCUT2D eigenvalue weighted by Crippen LogP contribution is 2.43. The lowest BCUT2D eigenvalue weighted by Crippen LogP contribution is -2.49. The molecule has 2 aromatic carbocycles. The third kappa shape index (κ3) is 10.6. The molecule has 4 aromatic heterocycles. The van der Waals surface area contributed by atoms with Crippen molar-refractivity contribution in [1.29, 1.82) is 0 Å². The number of esters is 2. The molecule has 20 nitrogen and oxygen atoms in total. The standard InChI is InChI=1S/2C25H26FN5O5.ClH/c2*1-12-17(10-30-23-22(12)28-4-5-34-23)16-6-14-7-19(29-11-18(14)21(27)20(16)26)31-24(33)35-15-8-25(3,9-15)36-13(2)32;/h2*6-7,10-11,15,28H,4-5,8-9,27H2,1-3H3,(H,29,31,33);1H. The highest BCUT2D eigenvalue weighted by Gasteiger charge is 2.46. The SMILES string of the molecule is CC(=O)OC1(C)CC(OC(=O)Nc2cc3cc(-c4cnc5c(c4C)NCCO5)c(F)c(N)c3cn2)C1.CC(=O)OC1(C)CC(OC(=O)Nc2cc3cc(-c4cnc5c(c4C)NCCO5)c(F)c(N)c3cn2)C1.Cl. The van der Waals surface area contributed by atoms with Crippen molar-refractivity contribution in [2.75, 3.05) is 59.0 Å². The van der Waals surface area contributed by atoms with Crippen LogP contribution < -0.4 is 42.2 Å². The van der Waals surface area contributed by atoms with Gasteiger partial charge in [-0.25, -0.2) is 38.3 Å². The van der Waals surface area contributed by atoms with Crippen LogP contribution in [0.25, 0.3) is 43.8 Å². The summed E-state index contributed by atoms with van der Waals surface area (Å²) in [6.45, 7) is 12.3. The number of halogens is 3. The molecule has 2 amide bonds. The van der Waals surface area contributed by atoms with Gasteiger partial charge in [0.1, 0.15) is 59.6 Å².